The molecule has 816 valence electrons. The highest BCUT2D eigenvalue weighted by Crippen LogP contribution is 2.60. The van der Waals surface area contributed by atoms with Crippen molar-refractivity contribution in [3.63, 3.8) is 0 Å². The second-order valence-corrected chi connectivity index (χ2v) is 40.6. The van der Waals surface area contributed by atoms with Gasteiger partial charge in [0.2, 0.25) is 0 Å². The first kappa shape index (κ1) is 121. The van der Waals surface area contributed by atoms with Gasteiger partial charge in [0.1, 0.15) is 178 Å². The van der Waals surface area contributed by atoms with E-state index in [0.29, 0.717) is 101 Å². The van der Waals surface area contributed by atoms with Gasteiger partial charge in [-0.05, 0) is 274 Å². The predicted molar refractivity (Wildman–Crippen MR) is 602 cm³/mol. The molecule has 19 nitrogen and oxygen atoms in total. The zero-order chi connectivity index (χ0) is 106. The molecule has 0 aromatic heterocycles. The number of benzene rings is 10. The number of hydrogen-bond donors (Lipinski definition) is 1. The highest BCUT2D eigenvalue weighted by Gasteiger charge is 2.50. The molecule has 10 aromatic rings. The van der Waals surface area contributed by atoms with Crippen LogP contribution in [0.15, 0.2) is 261 Å². The topological polar surface area (TPSA) is 213 Å². The summed E-state index contributed by atoms with van der Waals surface area (Å²) in [5.74, 6) is 18.4. The van der Waals surface area contributed by atoms with Crippen molar-refractivity contribution < 1.29 is 90.4 Å². The lowest BCUT2D eigenvalue weighted by Gasteiger charge is -2.26. The summed E-state index contributed by atoms with van der Waals surface area (Å²) in [5, 5.41) is 10.5. The van der Waals surface area contributed by atoms with Gasteiger partial charge in [0, 0.05) is 10.8 Å². The van der Waals surface area contributed by atoms with E-state index < -0.39 is 6.10 Å². The molecule has 1 N–H and O–H groups in total. The molecule has 0 radical (unpaired) electrons. The number of aliphatic hydroxyl groups is 1. The minimum Gasteiger partial charge on any atom is -0.491 e. The minimum absolute atomic E-state index is 0.134. The number of ether oxygens (including phenoxy) is 18. The Kier molecular flexibility index (Phi) is 54.0. The van der Waals surface area contributed by atoms with Crippen LogP contribution in [0, 0.1) is 68.1 Å². The van der Waals surface area contributed by atoms with Crippen molar-refractivity contribution in [1.82, 2.24) is 0 Å². The number of fused-ring (bicyclic) bond motifs is 10. The van der Waals surface area contributed by atoms with E-state index in [4.69, 9.17) is 85.3 Å². The summed E-state index contributed by atoms with van der Waals surface area (Å²) >= 11 is 0. The molecule has 149 heavy (non-hydrogen) atoms. The van der Waals surface area contributed by atoms with Crippen LogP contribution in [-0.4, -0.2) is 179 Å². The monoisotopic (exact) mass is 2050 g/mol. The minimum atomic E-state index is -0.772. The Hall–Kier alpha value is -10.2. The summed E-state index contributed by atoms with van der Waals surface area (Å²) in [5.41, 5.74) is 7.87. The molecule has 16 atom stereocenters. The molecule has 16 unspecified atom stereocenters. The van der Waals surface area contributed by atoms with E-state index in [2.05, 4.69) is 104 Å². The molecule has 10 aromatic carbocycles. The predicted octanol–water partition coefficient (Wildman–Crippen LogP) is 29.0. The zero-order valence-corrected chi connectivity index (χ0v) is 93.6. The maximum absolute atomic E-state index is 10.5. The summed E-state index contributed by atoms with van der Waals surface area (Å²) in [7, 11) is 0. The molecule has 14 aliphatic rings. The van der Waals surface area contributed by atoms with Crippen LogP contribution < -0.4 is 47.4 Å². The highest BCUT2D eigenvalue weighted by molar-refractivity contribution is 5.44. The van der Waals surface area contributed by atoms with Crippen LogP contribution in [0.25, 0.3) is 0 Å². The quantitative estimate of drug-likeness (QED) is 0.0371. The average molecular weight is 2050 g/mol. The van der Waals surface area contributed by atoms with Crippen LogP contribution in [0.4, 0.5) is 0 Å². The lowest BCUT2D eigenvalue weighted by atomic mass is 9.78. The van der Waals surface area contributed by atoms with E-state index in [0.717, 1.165) is 98.9 Å². The molecule has 6 saturated carbocycles. The Balaban J connectivity index is 0.000000182. The summed E-state index contributed by atoms with van der Waals surface area (Å²) in [6, 6.07) is 86.0. The van der Waals surface area contributed by atoms with Crippen molar-refractivity contribution in [2.75, 3.05) is 119 Å². The van der Waals surface area contributed by atoms with Crippen LogP contribution in [0.3, 0.4) is 0 Å². The Morgan fingerprint density at radius 2 is 0.416 bits per heavy atom. The van der Waals surface area contributed by atoms with Gasteiger partial charge < -0.3 is 90.4 Å². The Bertz CT molecular complexity index is 4680. The molecular weight excluding hydrogens is 1870 g/mol. The molecule has 0 amide bonds. The first-order chi connectivity index (χ1) is 72.8. The number of aryl methyl sites for hydroxylation is 3. The number of rotatable bonds is 34. The van der Waals surface area contributed by atoms with Crippen LogP contribution in [-0.2, 0) is 48.7 Å². The molecule has 8 aliphatic heterocycles. The van der Waals surface area contributed by atoms with E-state index in [1.807, 2.05) is 288 Å². The molecule has 19 heteroatoms. The maximum atomic E-state index is 10.5. The van der Waals surface area contributed by atoms with Gasteiger partial charge in [0.25, 0.3) is 0 Å². The molecule has 24 rings (SSSR count). The number of epoxide rings is 8. The summed E-state index contributed by atoms with van der Waals surface area (Å²) < 4.78 is 96.7. The van der Waals surface area contributed by atoms with E-state index in [1.165, 1.54) is 99.1 Å². The fraction of sp³-hybridized carbons (Fsp3) is 0.538. The SMILES string of the molecule is C1CC2C3CCC(C3)C2C1.C1CC2C3CCC(C3)C2C1.CC.CC.CC.CC.CC(C)(c1ccc(OCC(O)COc2ccc(C(C)(C)c3ccc(OCC4CO4)cc3)cc2)cc1)c1ccc(OCC2CO2)cc1.CCC.CCC.Cc1ccccc1OCC1CO1.Cc1ccccc1OCC1CO1.Cc1ccccc1OCC1CO1.c1ccc(OCC2CO2)cc1.c1ccc(OCC2CO2)cc1.c1ccc(OCC2CO2)cc1. The Morgan fingerprint density at radius 3 is 0.611 bits per heavy atom. The van der Waals surface area contributed by atoms with E-state index in [9.17, 15) is 5.11 Å². The standard InChI is InChI=1S/C39H44O7.3C10H12O2.2C10H16.3C9H10O2.2C3H8.4C2H6/c1-38(2,29-9-17-34(18-10-29)43-23-36-25-45-36)27-5-13-32(14-6-27)41-21-31(40)22-42-33-15-7-28(8-16-33)39(3,4)30-11-19-35(20-12-30)44-24-37-26-46-37;3*1-8-4-2-3-5-10(8)12-7-9-6-11-9;2*1-2-9-7-4-5-8(6-7)10(9)3-1;3*1-2-4-8(5-3-1)10-6-9-7-11-9;2*1-3-2;4*1-2/h5-20,31,36-37,40H,21-26H2,1-4H3;3*2-5,9H,6-7H2,1H3;2*7-10H,1-6H2;3*1-5,9H,6-7H2;2*3H2,1-2H3;4*1-2H3. The number of aliphatic hydroxyl groups excluding tert-OH is 1. The van der Waals surface area contributed by atoms with Gasteiger partial charge in [-0.15, -0.1) is 0 Å². The fourth-order valence-corrected chi connectivity index (χ4v) is 19.2. The van der Waals surface area contributed by atoms with Gasteiger partial charge in [-0.25, -0.2) is 0 Å². The summed E-state index contributed by atoms with van der Waals surface area (Å²) in [6.07, 6.45) is 23.3. The molecule has 6 aliphatic carbocycles. The van der Waals surface area contributed by atoms with E-state index in [1.54, 1.807) is 77.0 Å². The molecular formula is C130H182O19. The molecule has 8 saturated heterocycles. The summed E-state index contributed by atoms with van der Waals surface area (Å²) in [4.78, 5) is 0. The smallest absolute Gasteiger partial charge is 0.122 e. The van der Waals surface area contributed by atoms with Gasteiger partial charge >= 0.3 is 0 Å². The normalized spacial score (nSPS) is 23.4. The van der Waals surface area contributed by atoms with Crippen molar-refractivity contribution in [2.45, 2.75) is 287 Å². The molecule has 4 bridgehead atoms. The number of hydrogen-bond acceptors (Lipinski definition) is 19. The second kappa shape index (κ2) is 66.6. The van der Waals surface area contributed by atoms with Crippen LogP contribution in [0.2, 0.25) is 0 Å². The lowest BCUT2D eigenvalue weighted by molar-refractivity contribution is 0.0626. The van der Waals surface area contributed by atoms with Gasteiger partial charge in [-0.3, -0.25) is 0 Å². The lowest BCUT2D eigenvalue weighted by Crippen LogP contribution is -2.25. The molecule has 8 heterocycles. The van der Waals surface area contributed by atoms with E-state index in [-0.39, 0.29) is 36.3 Å². The van der Waals surface area contributed by atoms with Crippen LogP contribution >= 0.6 is 0 Å². The van der Waals surface area contributed by atoms with Gasteiger partial charge in [-0.2, -0.15) is 0 Å². The highest BCUT2D eigenvalue weighted by atomic mass is 16.6. The third kappa shape index (κ3) is 44.6. The number of para-hydroxylation sites is 6. The van der Waals surface area contributed by atoms with Crippen molar-refractivity contribution in [2.24, 2.45) is 47.3 Å². The first-order valence-corrected chi connectivity index (χ1v) is 56.5. The second-order valence-electron chi connectivity index (χ2n) is 40.6. The molecule has 14 fully saturated rings. The molecule has 0 spiro atoms. The van der Waals surface area contributed by atoms with Gasteiger partial charge in [0.15, 0.2) is 0 Å². The van der Waals surface area contributed by atoms with Crippen molar-refractivity contribution in [3.05, 3.63) is 300 Å². The Labute approximate surface area is 895 Å². The van der Waals surface area contributed by atoms with Crippen molar-refractivity contribution in [3.8, 4) is 57.5 Å². The third-order valence-corrected chi connectivity index (χ3v) is 28.1. The van der Waals surface area contributed by atoms with Gasteiger partial charge in [0.05, 0.1) is 52.9 Å². The van der Waals surface area contributed by atoms with Crippen LogP contribution in [0.1, 0.15) is 240 Å². The largest absolute Gasteiger partial charge is 0.491 e. The average Bonchev–Trinajstić information content (AvgIpc) is 1.62. The third-order valence-electron chi connectivity index (χ3n) is 28.1. The van der Waals surface area contributed by atoms with Gasteiger partial charge in [-0.1, -0.05) is 294 Å². The fourth-order valence-electron chi connectivity index (χ4n) is 19.2. The van der Waals surface area contributed by atoms with Crippen molar-refractivity contribution >= 4 is 0 Å². The zero-order valence-electron chi connectivity index (χ0n) is 93.6. The maximum Gasteiger partial charge on any atom is 0.122 e. The Morgan fingerprint density at radius 1 is 0.242 bits per heavy atom. The first-order valence-electron chi connectivity index (χ1n) is 56.5. The van der Waals surface area contributed by atoms with E-state index >= 15 is 0 Å². The summed E-state index contributed by atoms with van der Waals surface area (Å²) in [6.45, 7) is 51.7. The van der Waals surface area contributed by atoms with Crippen LogP contribution in [0.5, 0.6) is 57.5 Å². The van der Waals surface area contributed by atoms with Crippen molar-refractivity contribution in [1.29, 1.82) is 0 Å².